The maximum atomic E-state index is 13.1. The van der Waals surface area contributed by atoms with Crippen LogP contribution < -0.4 is 0 Å². The van der Waals surface area contributed by atoms with Gasteiger partial charge in [0, 0.05) is 0 Å². The molecule has 0 atom stereocenters. The van der Waals surface area contributed by atoms with Crippen LogP contribution >= 0.6 is 0 Å². The summed E-state index contributed by atoms with van der Waals surface area (Å²) in [5, 5.41) is 0. The minimum absolute atomic E-state index is 0.106. The van der Waals surface area contributed by atoms with Crippen LogP contribution in [0.1, 0.15) is 43.6 Å². The van der Waals surface area contributed by atoms with Crippen molar-refractivity contribution in [3.63, 3.8) is 0 Å². The fourth-order valence-corrected chi connectivity index (χ4v) is 2.73. The van der Waals surface area contributed by atoms with Crippen molar-refractivity contribution >= 4 is 0 Å². The van der Waals surface area contributed by atoms with Crippen molar-refractivity contribution in [3.8, 4) is 0 Å². The summed E-state index contributed by atoms with van der Waals surface area (Å²) in [7, 11) is 0. The summed E-state index contributed by atoms with van der Waals surface area (Å²) in [6.45, 7) is 3.79. The predicted molar refractivity (Wildman–Crippen MR) is 65.9 cm³/mol. The maximum absolute atomic E-state index is 13.1. The zero-order valence-electron chi connectivity index (χ0n) is 9.66. The van der Waals surface area contributed by atoms with Crippen molar-refractivity contribution in [2.45, 2.75) is 38.0 Å². The van der Waals surface area contributed by atoms with Gasteiger partial charge in [0.1, 0.15) is 5.82 Å². The van der Waals surface area contributed by atoms with Gasteiger partial charge in [0.15, 0.2) is 0 Å². The second-order valence-corrected chi connectivity index (χ2v) is 4.80. The molecule has 0 N–H and O–H groups in total. The topological polar surface area (TPSA) is 0 Å². The molecule has 1 heteroatoms. The second kappa shape index (κ2) is 5.29. The summed E-state index contributed by atoms with van der Waals surface area (Å²) in [6.07, 6.45) is 8.06. The van der Waals surface area contributed by atoms with Crippen LogP contribution in [0.3, 0.4) is 0 Å². The average molecular weight is 218 g/mol. The van der Waals surface area contributed by atoms with E-state index in [2.05, 4.69) is 12.6 Å². The Morgan fingerprint density at radius 3 is 2.62 bits per heavy atom. The van der Waals surface area contributed by atoms with Gasteiger partial charge in [0.25, 0.3) is 0 Å². The van der Waals surface area contributed by atoms with Crippen LogP contribution in [0.15, 0.2) is 36.9 Å². The fourth-order valence-electron chi connectivity index (χ4n) is 2.73. The molecule has 0 heterocycles. The summed E-state index contributed by atoms with van der Waals surface area (Å²) >= 11 is 0. The molecule has 0 unspecified atom stereocenters. The van der Waals surface area contributed by atoms with Crippen molar-refractivity contribution in [2.24, 2.45) is 5.92 Å². The zero-order valence-corrected chi connectivity index (χ0v) is 9.66. The van der Waals surface area contributed by atoms with E-state index < -0.39 is 0 Å². The Balaban J connectivity index is 1.96. The first-order valence-electron chi connectivity index (χ1n) is 6.16. The summed E-state index contributed by atoms with van der Waals surface area (Å²) in [6, 6.07) is 7.09. The van der Waals surface area contributed by atoms with Gasteiger partial charge in [-0.1, -0.05) is 18.2 Å². The van der Waals surface area contributed by atoms with Crippen LogP contribution in [-0.4, -0.2) is 0 Å². The Morgan fingerprint density at radius 1 is 1.25 bits per heavy atom. The first-order chi connectivity index (χ1) is 7.79. The molecular formula is C15H19F. The smallest absolute Gasteiger partial charge is 0.123 e. The molecule has 0 aliphatic heterocycles. The molecule has 0 aromatic heterocycles. The lowest BCUT2D eigenvalue weighted by Gasteiger charge is -2.28. The molecule has 1 aromatic carbocycles. The van der Waals surface area contributed by atoms with Crippen molar-refractivity contribution < 1.29 is 4.39 Å². The highest BCUT2D eigenvalue weighted by atomic mass is 19.1. The van der Waals surface area contributed by atoms with Crippen molar-refractivity contribution in [2.75, 3.05) is 0 Å². The lowest BCUT2D eigenvalue weighted by atomic mass is 9.77. The van der Waals surface area contributed by atoms with E-state index in [0.717, 1.165) is 12.3 Å². The predicted octanol–water partition coefficient (Wildman–Crippen LogP) is 4.68. The summed E-state index contributed by atoms with van der Waals surface area (Å²) in [5.74, 6) is 1.27. The largest absolute Gasteiger partial charge is 0.207 e. The van der Waals surface area contributed by atoms with Crippen LogP contribution in [0.2, 0.25) is 0 Å². The highest BCUT2D eigenvalue weighted by Gasteiger charge is 2.21. The van der Waals surface area contributed by atoms with Crippen molar-refractivity contribution in [3.05, 3.63) is 48.3 Å². The van der Waals surface area contributed by atoms with Gasteiger partial charge in [-0.2, -0.15) is 0 Å². The van der Waals surface area contributed by atoms with E-state index in [4.69, 9.17) is 0 Å². The van der Waals surface area contributed by atoms with E-state index in [0.29, 0.717) is 5.92 Å². The third kappa shape index (κ3) is 2.72. The van der Waals surface area contributed by atoms with E-state index in [1.165, 1.54) is 37.3 Å². The minimum Gasteiger partial charge on any atom is -0.207 e. The third-order valence-corrected chi connectivity index (χ3v) is 3.67. The summed E-state index contributed by atoms with van der Waals surface area (Å²) in [5.41, 5.74) is 1.18. The van der Waals surface area contributed by atoms with Crippen LogP contribution in [0.5, 0.6) is 0 Å². The first-order valence-corrected chi connectivity index (χ1v) is 6.16. The van der Waals surface area contributed by atoms with Crippen LogP contribution in [-0.2, 0) is 0 Å². The fraction of sp³-hybridized carbons (Fsp3) is 0.467. The van der Waals surface area contributed by atoms with Gasteiger partial charge in [-0.25, -0.2) is 4.39 Å². The van der Waals surface area contributed by atoms with Crippen LogP contribution in [0.4, 0.5) is 4.39 Å². The van der Waals surface area contributed by atoms with Crippen molar-refractivity contribution in [1.29, 1.82) is 0 Å². The molecule has 0 nitrogen and oxygen atoms in total. The van der Waals surface area contributed by atoms with E-state index in [1.54, 1.807) is 6.07 Å². The quantitative estimate of drug-likeness (QED) is 0.646. The molecular weight excluding hydrogens is 199 g/mol. The van der Waals surface area contributed by atoms with Gasteiger partial charge in [0.05, 0.1) is 0 Å². The van der Waals surface area contributed by atoms with E-state index in [-0.39, 0.29) is 5.82 Å². The normalized spacial score (nSPS) is 25.3. The third-order valence-electron chi connectivity index (χ3n) is 3.67. The molecule has 16 heavy (non-hydrogen) atoms. The Morgan fingerprint density at radius 2 is 2.00 bits per heavy atom. The second-order valence-electron chi connectivity index (χ2n) is 4.80. The number of rotatable bonds is 3. The van der Waals surface area contributed by atoms with E-state index >= 15 is 0 Å². The lowest BCUT2D eigenvalue weighted by molar-refractivity contribution is 0.328. The van der Waals surface area contributed by atoms with Gasteiger partial charge < -0.3 is 0 Å². The summed E-state index contributed by atoms with van der Waals surface area (Å²) in [4.78, 5) is 0. The Labute approximate surface area is 97.2 Å². The molecule has 1 saturated carbocycles. The van der Waals surface area contributed by atoms with Gasteiger partial charge >= 0.3 is 0 Å². The average Bonchev–Trinajstić information content (AvgIpc) is 2.30. The molecule has 0 spiro atoms. The van der Waals surface area contributed by atoms with E-state index in [1.807, 2.05) is 12.1 Å². The number of benzene rings is 1. The standard InChI is InChI=1S/C15H19F/c1-2-4-12-7-9-13(10-8-12)14-5-3-6-15(16)11-14/h2-3,5-6,11-13H,1,4,7-10H2. The van der Waals surface area contributed by atoms with Gasteiger partial charge in [0.2, 0.25) is 0 Å². The van der Waals surface area contributed by atoms with E-state index in [9.17, 15) is 4.39 Å². The first kappa shape index (κ1) is 11.4. The maximum Gasteiger partial charge on any atom is 0.123 e. The number of halogens is 1. The number of hydrogen-bond donors (Lipinski definition) is 0. The Kier molecular flexibility index (Phi) is 3.76. The zero-order chi connectivity index (χ0) is 11.4. The summed E-state index contributed by atoms with van der Waals surface area (Å²) < 4.78 is 13.1. The number of hydrogen-bond acceptors (Lipinski definition) is 0. The molecule has 1 aromatic rings. The molecule has 0 amide bonds. The molecule has 0 radical (unpaired) electrons. The molecule has 86 valence electrons. The molecule has 1 fully saturated rings. The highest BCUT2D eigenvalue weighted by molar-refractivity contribution is 5.21. The van der Waals surface area contributed by atoms with Gasteiger partial charge in [-0.05, 0) is 61.6 Å². The molecule has 2 rings (SSSR count). The Hall–Kier alpha value is -1.11. The van der Waals surface area contributed by atoms with Crippen LogP contribution in [0.25, 0.3) is 0 Å². The van der Waals surface area contributed by atoms with Gasteiger partial charge in [-0.3, -0.25) is 0 Å². The molecule has 0 saturated heterocycles. The van der Waals surface area contributed by atoms with Crippen LogP contribution in [0, 0.1) is 11.7 Å². The molecule has 1 aliphatic rings. The monoisotopic (exact) mass is 218 g/mol. The number of allylic oxidation sites excluding steroid dienone is 1. The molecule has 0 bridgehead atoms. The molecule has 1 aliphatic carbocycles. The SMILES string of the molecule is C=CCC1CCC(c2cccc(F)c2)CC1. The highest BCUT2D eigenvalue weighted by Crippen LogP contribution is 2.37. The lowest BCUT2D eigenvalue weighted by Crippen LogP contribution is -2.12. The minimum atomic E-state index is -0.106. The Bertz CT molecular complexity index is 348. The van der Waals surface area contributed by atoms with Gasteiger partial charge in [-0.15, -0.1) is 6.58 Å². The van der Waals surface area contributed by atoms with Crippen molar-refractivity contribution in [1.82, 2.24) is 0 Å².